The van der Waals surface area contributed by atoms with Crippen molar-refractivity contribution in [1.29, 1.82) is 0 Å². The Morgan fingerprint density at radius 2 is 1.43 bits per heavy atom. The Morgan fingerprint density at radius 3 is 2.11 bits per heavy atom. The number of aromatic nitrogens is 2. The first-order valence-electron chi connectivity index (χ1n) is 10.6. The number of hydrogen-bond acceptors (Lipinski definition) is 7. The highest BCUT2D eigenvalue weighted by atomic mass is 32.2. The van der Waals surface area contributed by atoms with E-state index >= 15 is 0 Å². The molecule has 3 N–H and O–H groups in total. The molecule has 8 nitrogen and oxygen atoms in total. The minimum atomic E-state index is -4.06. The largest absolute Gasteiger partial charge is 0.495 e. The zero-order valence-corrected chi connectivity index (χ0v) is 20.2. The van der Waals surface area contributed by atoms with E-state index in [-0.39, 0.29) is 10.6 Å². The highest BCUT2D eigenvalue weighted by Crippen LogP contribution is 2.27. The maximum absolute atomic E-state index is 13.6. The average molecular weight is 494 g/mol. The topological polar surface area (TPSA) is 105 Å². The van der Waals surface area contributed by atoms with Crippen molar-refractivity contribution in [3.8, 4) is 5.75 Å². The van der Waals surface area contributed by atoms with Crippen molar-refractivity contribution in [3.05, 3.63) is 89.9 Å². The molecule has 0 unspecified atom stereocenters. The van der Waals surface area contributed by atoms with Crippen molar-refractivity contribution in [2.45, 2.75) is 18.7 Å². The Morgan fingerprint density at radius 1 is 0.800 bits per heavy atom. The van der Waals surface area contributed by atoms with Gasteiger partial charge >= 0.3 is 0 Å². The van der Waals surface area contributed by atoms with Crippen LogP contribution in [0.5, 0.6) is 5.75 Å². The second-order valence-electron chi connectivity index (χ2n) is 7.81. The van der Waals surface area contributed by atoms with Crippen LogP contribution < -0.4 is 20.1 Å². The smallest absolute Gasteiger partial charge is 0.265 e. The lowest BCUT2D eigenvalue weighted by molar-refractivity contribution is 0.401. The highest BCUT2D eigenvalue weighted by Gasteiger charge is 2.20. The summed E-state index contributed by atoms with van der Waals surface area (Å²) < 4.78 is 46.6. The van der Waals surface area contributed by atoms with Crippen LogP contribution in [0.15, 0.2) is 77.7 Å². The lowest BCUT2D eigenvalue weighted by Crippen LogP contribution is -2.14. The van der Waals surface area contributed by atoms with Gasteiger partial charge in [0.15, 0.2) is 0 Å². The van der Waals surface area contributed by atoms with Crippen LogP contribution in [-0.2, 0) is 10.0 Å². The van der Waals surface area contributed by atoms with E-state index in [1.165, 1.54) is 13.2 Å². The van der Waals surface area contributed by atoms with E-state index in [0.717, 1.165) is 29.1 Å². The van der Waals surface area contributed by atoms with E-state index in [4.69, 9.17) is 4.74 Å². The molecule has 0 fully saturated rings. The molecule has 0 atom stereocenters. The summed E-state index contributed by atoms with van der Waals surface area (Å²) in [7, 11) is -2.74. The van der Waals surface area contributed by atoms with Gasteiger partial charge in [0, 0.05) is 28.8 Å². The lowest BCUT2D eigenvalue weighted by atomic mass is 10.2. The van der Waals surface area contributed by atoms with Gasteiger partial charge in [-0.2, -0.15) is 4.98 Å². The maximum Gasteiger partial charge on any atom is 0.265 e. The summed E-state index contributed by atoms with van der Waals surface area (Å²) in [5, 5.41) is 6.38. The van der Waals surface area contributed by atoms with Crippen molar-refractivity contribution in [2.75, 3.05) is 22.5 Å². The van der Waals surface area contributed by atoms with Gasteiger partial charge in [0.05, 0.1) is 7.11 Å². The van der Waals surface area contributed by atoms with E-state index in [1.54, 1.807) is 24.3 Å². The quantitative estimate of drug-likeness (QED) is 0.296. The normalized spacial score (nSPS) is 11.1. The van der Waals surface area contributed by atoms with Crippen LogP contribution in [0.4, 0.5) is 33.2 Å². The third-order valence-electron chi connectivity index (χ3n) is 4.99. The Kier molecular flexibility index (Phi) is 6.83. The van der Waals surface area contributed by atoms with Gasteiger partial charge in [0.2, 0.25) is 5.95 Å². The molecule has 180 valence electrons. The van der Waals surface area contributed by atoms with Crippen molar-refractivity contribution in [2.24, 2.45) is 0 Å². The molecule has 0 aliphatic rings. The number of nitrogens with one attached hydrogen (secondary N) is 3. The third-order valence-corrected chi connectivity index (χ3v) is 6.39. The van der Waals surface area contributed by atoms with Gasteiger partial charge in [0.25, 0.3) is 10.0 Å². The summed E-state index contributed by atoms with van der Waals surface area (Å²) >= 11 is 0. The predicted molar refractivity (Wildman–Crippen MR) is 135 cm³/mol. The van der Waals surface area contributed by atoms with E-state index in [0.29, 0.717) is 23.1 Å². The van der Waals surface area contributed by atoms with Gasteiger partial charge in [-0.05, 0) is 68.4 Å². The summed E-state index contributed by atoms with van der Waals surface area (Å²) in [6.07, 6.45) is 0. The number of anilines is 5. The number of halogens is 1. The predicted octanol–water partition coefficient (Wildman–Crippen LogP) is 5.53. The van der Waals surface area contributed by atoms with Crippen molar-refractivity contribution >= 4 is 38.9 Å². The second-order valence-corrected chi connectivity index (χ2v) is 9.46. The molecule has 10 heteroatoms. The average Bonchev–Trinajstić information content (AvgIpc) is 2.81. The fraction of sp³-hybridized carbons (Fsp3) is 0.120. The van der Waals surface area contributed by atoms with E-state index < -0.39 is 15.8 Å². The molecule has 1 heterocycles. The zero-order chi connectivity index (χ0) is 25.0. The molecule has 4 aromatic rings. The van der Waals surface area contributed by atoms with Crippen LogP contribution in [0, 0.1) is 19.7 Å². The van der Waals surface area contributed by atoms with Crippen molar-refractivity contribution in [1.82, 2.24) is 9.97 Å². The van der Waals surface area contributed by atoms with Crippen LogP contribution in [0.3, 0.4) is 0 Å². The second kappa shape index (κ2) is 9.98. The number of rotatable bonds is 8. The summed E-state index contributed by atoms with van der Waals surface area (Å²) in [6.45, 7) is 3.89. The van der Waals surface area contributed by atoms with Crippen LogP contribution in [-0.4, -0.2) is 25.5 Å². The third kappa shape index (κ3) is 6.04. The Hall–Kier alpha value is -4.18. The lowest BCUT2D eigenvalue weighted by Gasteiger charge is -2.13. The molecular formula is C25H24FN5O3S. The van der Waals surface area contributed by atoms with Crippen LogP contribution in [0.25, 0.3) is 0 Å². The van der Waals surface area contributed by atoms with E-state index in [1.807, 2.05) is 44.2 Å². The standard InChI is InChI=1S/C25H24FN5O3S/c1-16-4-7-19(8-5-16)28-24-14-17(2)27-25(30-24)29-20-9-11-21(12-10-20)31-35(32,33)23-15-18(26)6-13-22(23)34-3/h4-15,31H,1-3H3,(H2,27,28,29,30). The summed E-state index contributed by atoms with van der Waals surface area (Å²) in [5.41, 5.74) is 3.80. The first-order valence-corrected chi connectivity index (χ1v) is 12.1. The molecule has 0 radical (unpaired) electrons. The van der Waals surface area contributed by atoms with E-state index in [2.05, 4.69) is 25.3 Å². The molecule has 3 aromatic carbocycles. The van der Waals surface area contributed by atoms with Crippen LogP contribution in [0.2, 0.25) is 0 Å². The van der Waals surface area contributed by atoms with Gasteiger partial charge in [-0.3, -0.25) is 4.72 Å². The Bertz CT molecular complexity index is 1440. The molecular weight excluding hydrogens is 469 g/mol. The minimum Gasteiger partial charge on any atom is -0.495 e. The molecule has 1 aromatic heterocycles. The number of sulfonamides is 1. The molecule has 0 aliphatic heterocycles. The van der Waals surface area contributed by atoms with Gasteiger partial charge in [0.1, 0.15) is 22.3 Å². The molecule has 4 rings (SSSR count). The molecule has 0 bridgehead atoms. The van der Waals surface area contributed by atoms with Crippen molar-refractivity contribution in [3.63, 3.8) is 0 Å². The SMILES string of the molecule is COc1ccc(F)cc1S(=O)(=O)Nc1ccc(Nc2nc(C)cc(Nc3ccc(C)cc3)n2)cc1. The van der Waals surface area contributed by atoms with Gasteiger partial charge in [-0.1, -0.05) is 17.7 Å². The maximum atomic E-state index is 13.6. The molecule has 0 saturated carbocycles. The number of hydrogen-bond donors (Lipinski definition) is 3. The Balaban J connectivity index is 1.48. The summed E-state index contributed by atoms with van der Waals surface area (Å²) in [6, 6.07) is 19.6. The molecule has 35 heavy (non-hydrogen) atoms. The molecule has 0 aliphatic carbocycles. The fourth-order valence-corrected chi connectivity index (χ4v) is 4.53. The van der Waals surface area contributed by atoms with Gasteiger partial charge in [-0.25, -0.2) is 17.8 Å². The number of benzene rings is 3. The fourth-order valence-electron chi connectivity index (χ4n) is 3.29. The summed E-state index contributed by atoms with van der Waals surface area (Å²) in [4.78, 5) is 8.62. The van der Waals surface area contributed by atoms with Crippen LogP contribution >= 0.6 is 0 Å². The highest BCUT2D eigenvalue weighted by molar-refractivity contribution is 7.92. The summed E-state index contributed by atoms with van der Waals surface area (Å²) in [5.74, 6) is 0.388. The van der Waals surface area contributed by atoms with Gasteiger partial charge < -0.3 is 15.4 Å². The number of ether oxygens (including phenoxy) is 1. The van der Waals surface area contributed by atoms with Gasteiger partial charge in [-0.15, -0.1) is 0 Å². The molecule has 0 spiro atoms. The Labute approximate surface area is 203 Å². The van der Waals surface area contributed by atoms with E-state index in [9.17, 15) is 12.8 Å². The minimum absolute atomic E-state index is 0.0452. The first kappa shape index (κ1) is 24.0. The molecule has 0 saturated heterocycles. The number of methoxy groups -OCH3 is 1. The van der Waals surface area contributed by atoms with Crippen molar-refractivity contribution < 1.29 is 17.5 Å². The number of nitrogens with zero attached hydrogens (tertiary/aromatic N) is 2. The first-order chi connectivity index (χ1) is 16.7. The molecule has 0 amide bonds. The van der Waals surface area contributed by atoms with Crippen LogP contribution in [0.1, 0.15) is 11.3 Å². The monoisotopic (exact) mass is 493 g/mol. The zero-order valence-electron chi connectivity index (χ0n) is 19.3. The number of aryl methyl sites for hydroxylation is 2.